The van der Waals surface area contributed by atoms with E-state index in [9.17, 15) is 4.79 Å². The van der Waals surface area contributed by atoms with E-state index >= 15 is 0 Å². The Bertz CT molecular complexity index is 273. The molecule has 0 unspecified atom stereocenters. The zero-order valence-corrected chi connectivity index (χ0v) is 11.0. The molecule has 1 aliphatic heterocycles. The molecule has 0 aromatic rings. The maximum atomic E-state index is 12.0. The molecule has 0 aromatic carbocycles. The Labute approximate surface area is 104 Å². The van der Waals surface area contributed by atoms with Gasteiger partial charge in [-0.2, -0.15) is 0 Å². The Kier molecular flexibility index (Phi) is 4.05. The fourth-order valence-electron chi connectivity index (χ4n) is 2.30. The molecule has 2 rings (SSSR count). The van der Waals surface area contributed by atoms with Crippen LogP contribution in [0.4, 0.5) is 0 Å². The summed E-state index contributed by atoms with van der Waals surface area (Å²) in [6.45, 7) is 7.77. The van der Waals surface area contributed by atoms with Crippen molar-refractivity contribution >= 4 is 5.91 Å². The molecule has 0 aromatic heterocycles. The highest BCUT2D eigenvalue weighted by Gasteiger charge is 2.33. The van der Waals surface area contributed by atoms with Gasteiger partial charge in [0, 0.05) is 26.2 Å². The quantitative estimate of drug-likeness (QED) is 0.753. The topological polar surface area (TPSA) is 41.6 Å². The van der Waals surface area contributed by atoms with Crippen LogP contribution >= 0.6 is 0 Å². The van der Waals surface area contributed by atoms with Crippen molar-refractivity contribution in [1.82, 2.24) is 10.2 Å². The average Bonchev–Trinajstić information content (AvgIpc) is 2.22. The first-order valence-corrected chi connectivity index (χ1v) is 6.75. The highest BCUT2D eigenvalue weighted by atomic mass is 16.5. The Morgan fingerprint density at radius 3 is 2.59 bits per heavy atom. The number of nitrogens with one attached hydrogen (secondary N) is 1. The fraction of sp³-hybridized carbons (Fsp3) is 0.923. The maximum Gasteiger partial charge on any atom is 0.248 e. The minimum Gasteiger partial charge on any atom is -0.363 e. The molecule has 98 valence electrons. The largest absolute Gasteiger partial charge is 0.363 e. The molecule has 1 N–H and O–H groups in total. The smallest absolute Gasteiger partial charge is 0.248 e. The molecule has 0 bridgehead atoms. The lowest BCUT2D eigenvalue weighted by Gasteiger charge is -2.39. The summed E-state index contributed by atoms with van der Waals surface area (Å²) in [5.74, 6) is 0.882. The molecule has 1 aliphatic carbocycles. The van der Waals surface area contributed by atoms with Gasteiger partial charge < -0.3 is 15.0 Å². The van der Waals surface area contributed by atoms with Gasteiger partial charge in [-0.15, -0.1) is 0 Å². The van der Waals surface area contributed by atoms with Crippen molar-refractivity contribution in [1.29, 1.82) is 0 Å². The van der Waals surface area contributed by atoms with Gasteiger partial charge in [-0.1, -0.05) is 6.42 Å². The Morgan fingerprint density at radius 1 is 1.47 bits per heavy atom. The summed E-state index contributed by atoms with van der Waals surface area (Å²) in [6, 6.07) is 0. The predicted octanol–water partition coefficient (Wildman–Crippen LogP) is 1.01. The van der Waals surface area contributed by atoms with Crippen molar-refractivity contribution in [3.63, 3.8) is 0 Å². The molecule has 1 saturated carbocycles. The molecule has 2 aliphatic rings. The summed E-state index contributed by atoms with van der Waals surface area (Å²) in [5.41, 5.74) is -0.120. The first-order valence-electron chi connectivity index (χ1n) is 6.75. The number of ether oxygens (including phenoxy) is 1. The molecule has 1 heterocycles. The van der Waals surface area contributed by atoms with Crippen molar-refractivity contribution in [2.45, 2.75) is 38.7 Å². The van der Waals surface area contributed by atoms with Gasteiger partial charge in [0.2, 0.25) is 5.91 Å². The average molecular weight is 240 g/mol. The Morgan fingerprint density at radius 2 is 2.18 bits per heavy atom. The highest BCUT2D eigenvalue weighted by Crippen LogP contribution is 2.27. The van der Waals surface area contributed by atoms with Crippen LogP contribution in [-0.2, 0) is 9.53 Å². The molecule has 0 spiro atoms. The third-order valence-electron chi connectivity index (χ3n) is 3.98. The van der Waals surface area contributed by atoms with Crippen LogP contribution in [0, 0.1) is 5.92 Å². The van der Waals surface area contributed by atoms with E-state index in [0.717, 1.165) is 32.1 Å². The summed E-state index contributed by atoms with van der Waals surface area (Å²) < 4.78 is 5.69. The number of amides is 1. The van der Waals surface area contributed by atoms with E-state index in [1.807, 2.05) is 11.8 Å². The zero-order chi connectivity index (χ0) is 12.3. The van der Waals surface area contributed by atoms with Gasteiger partial charge >= 0.3 is 0 Å². The van der Waals surface area contributed by atoms with Crippen molar-refractivity contribution < 1.29 is 9.53 Å². The monoisotopic (exact) mass is 240 g/mol. The number of carbonyl (C=O) groups is 1. The summed E-state index contributed by atoms with van der Waals surface area (Å²) in [6.07, 6.45) is 3.90. The van der Waals surface area contributed by atoms with Crippen molar-refractivity contribution in [2.75, 3.05) is 32.8 Å². The van der Waals surface area contributed by atoms with Gasteiger partial charge in [-0.3, -0.25) is 4.79 Å². The number of hydrogen-bond donors (Lipinski definition) is 1. The second-order valence-corrected chi connectivity index (χ2v) is 5.57. The van der Waals surface area contributed by atoms with Gasteiger partial charge in [0.15, 0.2) is 0 Å². The molecule has 4 heteroatoms. The third-order valence-corrected chi connectivity index (χ3v) is 3.98. The minimum atomic E-state index is -0.120. The van der Waals surface area contributed by atoms with Gasteiger partial charge in [-0.25, -0.2) is 0 Å². The number of rotatable bonds is 6. The summed E-state index contributed by atoms with van der Waals surface area (Å²) in [4.78, 5) is 14.0. The zero-order valence-electron chi connectivity index (χ0n) is 11.0. The molecular formula is C13H24N2O2. The Balaban J connectivity index is 1.71. The van der Waals surface area contributed by atoms with E-state index in [2.05, 4.69) is 12.2 Å². The number of carbonyl (C=O) groups excluding carboxylic acids is 1. The van der Waals surface area contributed by atoms with Gasteiger partial charge in [0.05, 0.1) is 5.60 Å². The van der Waals surface area contributed by atoms with Crippen LogP contribution in [0.1, 0.15) is 33.1 Å². The molecule has 2 fully saturated rings. The highest BCUT2D eigenvalue weighted by molar-refractivity contribution is 5.77. The summed E-state index contributed by atoms with van der Waals surface area (Å²) in [5, 5.41) is 3.17. The van der Waals surface area contributed by atoms with Crippen molar-refractivity contribution in [3.05, 3.63) is 0 Å². The second kappa shape index (κ2) is 5.36. The third kappa shape index (κ3) is 3.19. The van der Waals surface area contributed by atoms with Gasteiger partial charge in [0.1, 0.15) is 6.61 Å². The normalized spacial score (nSPS) is 22.7. The lowest BCUT2D eigenvalue weighted by molar-refractivity contribution is -0.146. The molecule has 0 atom stereocenters. The number of hydrogen-bond acceptors (Lipinski definition) is 3. The molecular weight excluding hydrogens is 216 g/mol. The first-order chi connectivity index (χ1) is 8.13. The van der Waals surface area contributed by atoms with Crippen molar-refractivity contribution in [2.24, 2.45) is 5.92 Å². The van der Waals surface area contributed by atoms with E-state index in [0.29, 0.717) is 0 Å². The van der Waals surface area contributed by atoms with E-state index < -0.39 is 0 Å². The van der Waals surface area contributed by atoms with Crippen LogP contribution < -0.4 is 5.32 Å². The van der Waals surface area contributed by atoms with E-state index in [-0.39, 0.29) is 18.1 Å². The van der Waals surface area contributed by atoms with E-state index in [1.54, 1.807) is 0 Å². The summed E-state index contributed by atoms with van der Waals surface area (Å²) >= 11 is 0. The molecule has 4 nitrogen and oxygen atoms in total. The first kappa shape index (κ1) is 12.8. The molecule has 0 radical (unpaired) electrons. The minimum absolute atomic E-state index is 0.120. The standard InChI is InChI=1S/C13H24N2O2/c1-3-15(7-11-5-4-6-11)12(16)8-17-13(2)9-14-10-13/h11,14H,3-10H2,1-2H3. The van der Waals surface area contributed by atoms with Crippen LogP contribution in [0.3, 0.4) is 0 Å². The fourth-order valence-corrected chi connectivity index (χ4v) is 2.30. The Hall–Kier alpha value is -0.610. The molecule has 1 saturated heterocycles. The van der Waals surface area contributed by atoms with Crippen LogP contribution in [-0.4, -0.2) is 49.2 Å². The second-order valence-electron chi connectivity index (χ2n) is 5.57. The van der Waals surface area contributed by atoms with Crippen molar-refractivity contribution in [3.8, 4) is 0 Å². The van der Waals surface area contributed by atoms with Crippen LogP contribution in [0.2, 0.25) is 0 Å². The van der Waals surface area contributed by atoms with Gasteiger partial charge in [0.25, 0.3) is 0 Å². The SMILES string of the molecule is CCN(CC1CCC1)C(=O)COC1(C)CNC1. The summed E-state index contributed by atoms with van der Waals surface area (Å²) in [7, 11) is 0. The van der Waals surface area contributed by atoms with Gasteiger partial charge in [-0.05, 0) is 32.6 Å². The van der Waals surface area contributed by atoms with E-state index in [1.165, 1.54) is 19.3 Å². The number of likely N-dealkylation sites (N-methyl/N-ethyl adjacent to an activating group) is 1. The molecule has 17 heavy (non-hydrogen) atoms. The number of nitrogens with zero attached hydrogens (tertiary/aromatic N) is 1. The van der Waals surface area contributed by atoms with Crippen LogP contribution in [0.5, 0.6) is 0 Å². The predicted molar refractivity (Wildman–Crippen MR) is 66.8 cm³/mol. The maximum absolute atomic E-state index is 12.0. The lowest BCUT2D eigenvalue weighted by atomic mass is 9.85. The van der Waals surface area contributed by atoms with Crippen LogP contribution in [0.15, 0.2) is 0 Å². The molecule has 1 amide bonds. The van der Waals surface area contributed by atoms with Crippen LogP contribution in [0.25, 0.3) is 0 Å². The lowest BCUT2D eigenvalue weighted by Crippen LogP contribution is -2.59. The van der Waals surface area contributed by atoms with E-state index in [4.69, 9.17) is 4.74 Å².